The Kier molecular flexibility index (Phi) is 3.89. The molecular weight excluding hydrogens is 282 g/mol. The average molecular weight is 307 g/mol. The molecule has 2 aliphatic rings. The zero-order chi connectivity index (χ0) is 15.9. The number of carbonyl (C=O) groups is 1. The molecule has 0 aliphatic carbocycles. The number of nitrogens with zero attached hydrogens (tertiary/aromatic N) is 2. The lowest BCUT2D eigenvalue weighted by Gasteiger charge is -2.33. The van der Waals surface area contributed by atoms with Crippen molar-refractivity contribution < 1.29 is 14.3 Å². The van der Waals surface area contributed by atoms with Gasteiger partial charge in [-0.2, -0.15) is 0 Å². The molecule has 1 fully saturated rings. The highest BCUT2D eigenvalue weighted by atomic mass is 16.6. The molecule has 1 aromatic rings. The van der Waals surface area contributed by atoms with Gasteiger partial charge in [0, 0.05) is 19.0 Å². The van der Waals surface area contributed by atoms with E-state index in [1.165, 1.54) is 0 Å². The van der Waals surface area contributed by atoms with E-state index in [4.69, 9.17) is 14.5 Å². The van der Waals surface area contributed by atoms with E-state index < -0.39 is 5.60 Å². The third-order valence-corrected chi connectivity index (χ3v) is 4.15. The topological polar surface area (TPSA) is 67.5 Å². The van der Waals surface area contributed by atoms with Crippen molar-refractivity contribution in [2.75, 3.05) is 13.1 Å². The fourth-order valence-electron chi connectivity index (χ4n) is 3.06. The normalized spacial score (nSPS) is 25.2. The van der Waals surface area contributed by atoms with Gasteiger partial charge in [-0.05, 0) is 40.5 Å². The summed E-state index contributed by atoms with van der Waals surface area (Å²) >= 11 is 0. The van der Waals surface area contributed by atoms with Gasteiger partial charge in [0.2, 0.25) is 0 Å². The van der Waals surface area contributed by atoms with E-state index in [-0.39, 0.29) is 18.1 Å². The molecule has 3 rings (SSSR count). The summed E-state index contributed by atoms with van der Waals surface area (Å²) in [5.41, 5.74) is 1.64. The summed E-state index contributed by atoms with van der Waals surface area (Å²) in [6.07, 6.45) is 1.85. The van der Waals surface area contributed by atoms with Crippen molar-refractivity contribution in [2.24, 2.45) is 0 Å². The average Bonchev–Trinajstić information content (AvgIpc) is 3.00. The van der Waals surface area contributed by atoms with Gasteiger partial charge in [0.05, 0.1) is 24.1 Å². The molecule has 2 unspecified atom stereocenters. The van der Waals surface area contributed by atoms with Crippen molar-refractivity contribution in [3.05, 3.63) is 17.2 Å². The Morgan fingerprint density at radius 1 is 1.45 bits per heavy atom. The van der Waals surface area contributed by atoms with Gasteiger partial charge >= 0.3 is 6.09 Å². The number of fused-ring (bicyclic) bond motifs is 1. The molecule has 1 aromatic heterocycles. The molecule has 0 spiro atoms. The molecule has 122 valence electrons. The summed E-state index contributed by atoms with van der Waals surface area (Å²) in [6.45, 7) is 9.72. The van der Waals surface area contributed by atoms with Gasteiger partial charge in [-0.25, -0.2) is 9.78 Å². The first-order valence-electron chi connectivity index (χ1n) is 8.01. The number of likely N-dealkylation sites (tertiary alicyclic amines) is 1. The van der Waals surface area contributed by atoms with Crippen molar-refractivity contribution in [3.63, 3.8) is 0 Å². The fraction of sp³-hybridized carbons (Fsp3) is 0.750. The standard InChI is InChI=1S/C16H25N3O3/c1-10-13-12(9-21-10)17-14(18-13)11-6-5-7-19(8-11)15(20)22-16(2,3)4/h10-11H,5-9H2,1-4H3,(H,17,18). The molecule has 0 saturated carbocycles. The molecule has 6 heteroatoms. The number of amides is 1. The number of ether oxygens (including phenoxy) is 2. The SMILES string of the molecule is CC1OCc2[nH]c(C3CCCN(C(=O)OC(C)(C)C)C3)nc21. The Morgan fingerprint density at radius 3 is 2.91 bits per heavy atom. The molecule has 0 radical (unpaired) electrons. The van der Waals surface area contributed by atoms with Crippen LogP contribution < -0.4 is 0 Å². The number of H-pyrrole nitrogens is 1. The van der Waals surface area contributed by atoms with E-state index in [0.717, 1.165) is 36.6 Å². The molecule has 6 nitrogen and oxygen atoms in total. The third kappa shape index (κ3) is 3.11. The number of piperidine rings is 1. The van der Waals surface area contributed by atoms with Crippen LogP contribution in [-0.2, 0) is 16.1 Å². The number of imidazole rings is 1. The molecule has 1 amide bonds. The van der Waals surface area contributed by atoms with Gasteiger partial charge in [0.15, 0.2) is 0 Å². The molecule has 2 atom stereocenters. The summed E-state index contributed by atoms with van der Waals surface area (Å²) < 4.78 is 11.0. The number of aromatic amines is 1. The zero-order valence-electron chi connectivity index (χ0n) is 13.8. The van der Waals surface area contributed by atoms with Crippen LogP contribution in [0.3, 0.4) is 0 Å². The minimum Gasteiger partial charge on any atom is -0.444 e. The number of rotatable bonds is 1. The first kappa shape index (κ1) is 15.3. The zero-order valence-corrected chi connectivity index (χ0v) is 13.8. The highest BCUT2D eigenvalue weighted by Gasteiger charge is 2.32. The highest BCUT2D eigenvalue weighted by molar-refractivity contribution is 5.68. The van der Waals surface area contributed by atoms with E-state index in [2.05, 4.69) is 4.98 Å². The van der Waals surface area contributed by atoms with Crippen LogP contribution in [-0.4, -0.2) is 39.7 Å². The summed E-state index contributed by atoms with van der Waals surface area (Å²) in [4.78, 5) is 22.1. The quantitative estimate of drug-likeness (QED) is 0.865. The lowest BCUT2D eigenvalue weighted by atomic mass is 9.98. The molecule has 22 heavy (non-hydrogen) atoms. The summed E-state index contributed by atoms with van der Waals surface area (Å²) in [6, 6.07) is 0. The fourth-order valence-corrected chi connectivity index (χ4v) is 3.06. The van der Waals surface area contributed by atoms with Gasteiger partial charge in [0.25, 0.3) is 0 Å². The molecule has 0 bridgehead atoms. The van der Waals surface area contributed by atoms with Crippen LogP contribution in [0.4, 0.5) is 4.79 Å². The van der Waals surface area contributed by atoms with E-state index >= 15 is 0 Å². The molecule has 0 aromatic carbocycles. The number of hydrogen-bond acceptors (Lipinski definition) is 4. The highest BCUT2D eigenvalue weighted by Crippen LogP contribution is 2.32. The minimum absolute atomic E-state index is 0.0607. The first-order chi connectivity index (χ1) is 10.3. The Balaban J connectivity index is 1.68. The van der Waals surface area contributed by atoms with Crippen molar-refractivity contribution in [1.29, 1.82) is 0 Å². The number of carbonyl (C=O) groups excluding carboxylic acids is 1. The van der Waals surface area contributed by atoms with Gasteiger partial charge < -0.3 is 19.4 Å². The lowest BCUT2D eigenvalue weighted by molar-refractivity contribution is 0.0195. The van der Waals surface area contributed by atoms with E-state index in [1.807, 2.05) is 27.7 Å². The van der Waals surface area contributed by atoms with Crippen LogP contribution in [0.2, 0.25) is 0 Å². The number of hydrogen-bond donors (Lipinski definition) is 1. The monoisotopic (exact) mass is 307 g/mol. The summed E-state index contributed by atoms with van der Waals surface area (Å²) in [5.74, 6) is 1.23. The summed E-state index contributed by atoms with van der Waals surface area (Å²) in [5, 5.41) is 0. The van der Waals surface area contributed by atoms with Crippen molar-refractivity contribution in [2.45, 2.75) is 64.8 Å². The predicted octanol–water partition coefficient (Wildman–Crippen LogP) is 3.12. The van der Waals surface area contributed by atoms with Gasteiger partial charge in [0.1, 0.15) is 11.4 Å². The van der Waals surface area contributed by atoms with E-state index in [0.29, 0.717) is 13.2 Å². The number of nitrogens with one attached hydrogen (secondary N) is 1. The Hall–Kier alpha value is -1.56. The molecular formula is C16H25N3O3. The smallest absolute Gasteiger partial charge is 0.410 e. The second-order valence-corrected chi connectivity index (χ2v) is 7.20. The van der Waals surface area contributed by atoms with Crippen LogP contribution in [0.25, 0.3) is 0 Å². The van der Waals surface area contributed by atoms with E-state index in [9.17, 15) is 4.79 Å². The van der Waals surface area contributed by atoms with Crippen LogP contribution in [0.15, 0.2) is 0 Å². The largest absolute Gasteiger partial charge is 0.444 e. The van der Waals surface area contributed by atoms with Crippen LogP contribution >= 0.6 is 0 Å². The van der Waals surface area contributed by atoms with E-state index in [1.54, 1.807) is 4.90 Å². The Labute approximate surface area is 131 Å². The Morgan fingerprint density at radius 2 is 2.23 bits per heavy atom. The minimum atomic E-state index is -0.456. The van der Waals surface area contributed by atoms with Crippen molar-refractivity contribution >= 4 is 6.09 Å². The number of aromatic nitrogens is 2. The second-order valence-electron chi connectivity index (χ2n) is 7.20. The third-order valence-electron chi connectivity index (χ3n) is 4.15. The lowest BCUT2D eigenvalue weighted by Crippen LogP contribution is -2.42. The van der Waals surface area contributed by atoms with Crippen LogP contribution in [0.1, 0.15) is 69.8 Å². The van der Waals surface area contributed by atoms with Crippen molar-refractivity contribution in [1.82, 2.24) is 14.9 Å². The molecule has 3 heterocycles. The maximum atomic E-state index is 12.2. The van der Waals surface area contributed by atoms with Gasteiger partial charge in [-0.15, -0.1) is 0 Å². The van der Waals surface area contributed by atoms with Crippen LogP contribution in [0.5, 0.6) is 0 Å². The molecule has 2 aliphatic heterocycles. The van der Waals surface area contributed by atoms with Gasteiger partial charge in [-0.1, -0.05) is 0 Å². The maximum Gasteiger partial charge on any atom is 0.410 e. The maximum absolute atomic E-state index is 12.2. The second kappa shape index (κ2) is 5.57. The molecule has 1 saturated heterocycles. The van der Waals surface area contributed by atoms with Crippen LogP contribution in [0, 0.1) is 0 Å². The molecule has 1 N–H and O–H groups in total. The first-order valence-corrected chi connectivity index (χ1v) is 8.01. The summed E-state index contributed by atoms with van der Waals surface area (Å²) in [7, 11) is 0. The van der Waals surface area contributed by atoms with Crippen molar-refractivity contribution in [3.8, 4) is 0 Å². The van der Waals surface area contributed by atoms with Gasteiger partial charge in [-0.3, -0.25) is 0 Å². The Bertz CT molecular complexity index is 561. The predicted molar refractivity (Wildman–Crippen MR) is 81.6 cm³/mol.